The van der Waals surface area contributed by atoms with Gasteiger partial charge in [-0.2, -0.15) is 0 Å². The maximum absolute atomic E-state index is 13.2. The molecule has 0 amide bonds. The van der Waals surface area contributed by atoms with Crippen LogP contribution < -0.4 is 4.72 Å². The number of fused-ring (bicyclic) bond motifs is 5. The van der Waals surface area contributed by atoms with Crippen molar-refractivity contribution < 1.29 is 12.8 Å². The van der Waals surface area contributed by atoms with Crippen molar-refractivity contribution in [1.29, 1.82) is 0 Å². The van der Waals surface area contributed by atoms with Gasteiger partial charge < -0.3 is 4.42 Å². The van der Waals surface area contributed by atoms with Crippen molar-refractivity contribution in [3.8, 4) is 0 Å². The van der Waals surface area contributed by atoms with Gasteiger partial charge in [0.05, 0.1) is 10.6 Å². The summed E-state index contributed by atoms with van der Waals surface area (Å²) in [5.74, 6) is 1.62. The average molecular weight is 526 g/mol. The second-order valence-corrected chi connectivity index (χ2v) is 12.3. The van der Waals surface area contributed by atoms with Crippen molar-refractivity contribution in [2.45, 2.75) is 51.3 Å². The van der Waals surface area contributed by atoms with E-state index in [0.29, 0.717) is 11.6 Å². The minimum Gasteiger partial charge on any atom is -0.460 e. The van der Waals surface area contributed by atoms with Gasteiger partial charge in [0.2, 0.25) is 0 Å². The van der Waals surface area contributed by atoms with Gasteiger partial charge in [-0.3, -0.25) is 4.72 Å². The molecule has 1 atom stereocenters. The van der Waals surface area contributed by atoms with Crippen LogP contribution in [-0.4, -0.2) is 8.42 Å². The van der Waals surface area contributed by atoms with Crippen molar-refractivity contribution in [3.05, 3.63) is 70.4 Å². The first-order valence-electron chi connectivity index (χ1n) is 11.4. The number of nitrogens with one attached hydrogen (secondary N) is 1. The molecule has 4 nitrogen and oxygen atoms in total. The Balaban J connectivity index is 1.65. The second-order valence-electron chi connectivity index (χ2n) is 9.69. The second kappa shape index (κ2) is 8.17. The highest BCUT2D eigenvalue weighted by Gasteiger charge is 2.34. The summed E-state index contributed by atoms with van der Waals surface area (Å²) in [7, 11) is -3.73. The van der Waals surface area contributed by atoms with Gasteiger partial charge in [-0.15, -0.1) is 0 Å². The fraction of sp³-hybridized carbons (Fsp3) is 0.333. The molecule has 0 saturated heterocycles. The molecule has 0 spiro atoms. The third kappa shape index (κ3) is 3.97. The Morgan fingerprint density at radius 3 is 2.45 bits per heavy atom. The Labute approximate surface area is 203 Å². The van der Waals surface area contributed by atoms with E-state index in [2.05, 4.69) is 41.4 Å². The highest BCUT2D eigenvalue weighted by atomic mass is 79.9. The third-order valence-electron chi connectivity index (χ3n) is 7.44. The highest BCUT2D eigenvalue weighted by molar-refractivity contribution is 9.10. The summed E-state index contributed by atoms with van der Waals surface area (Å²) < 4.78 is 36.5. The van der Waals surface area contributed by atoms with E-state index in [1.165, 1.54) is 5.56 Å². The first-order valence-corrected chi connectivity index (χ1v) is 13.7. The van der Waals surface area contributed by atoms with Crippen molar-refractivity contribution in [1.82, 2.24) is 0 Å². The molecule has 4 aromatic rings. The summed E-state index contributed by atoms with van der Waals surface area (Å²) in [4.78, 5) is 0.230. The first kappa shape index (κ1) is 22.5. The van der Waals surface area contributed by atoms with Crippen molar-refractivity contribution in [2.75, 3.05) is 4.72 Å². The van der Waals surface area contributed by atoms with E-state index in [-0.39, 0.29) is 10.3 Å². The molecule has 0 radical (unpaired) electrons. The quantitative estimate of drug-likeness (QED) is 0.290. The largest absolute Gasteiger partial charge is 0.460 e. The molecule has 5 rings (SSSR count). The van der Waals surface area contributed by atoms with Crippen LogP contribution in [0.15, 0.2) is 68.4 Å². The maximum Gasteiger partial charge on any atom is 0.261 e. The molecule has 1 aromatic heterocycles. The molecular weight excluding hydrogens is 498 g/mol. The molecule has 0 fully saturated rings. The lowest BCUT2D eigenvalue weighted by Crippen LogP contribution is -2.28. The van der Waals surface area contributed by atoms with Crippen LogP contribution in [0.3, 0.4) is 0 Å². The van der Waals surface area contributed by atoms with E-state index in [1.54, 1.807) is 24.3 Å². The topological polar surface area (TPSA) is 59.3 Å². The number of anilines is 1. The number of sulfonamides is 1. The predicted octanol–water partition coefficient (Wildman–Crippen LogP) is 7.69. The zero-order valence-corrected chi connectivity index (χ0v) is 21.5. The van der Waals surface area contributed by atoms with Gasteiger partial charge in [-0.25, -0.2) is 8.42 Å². The van der Waals surface area contributed by atoms with Crippen molar-refractivity contribution >= 4 is 53.4 Å². The van der Waals surface area contributed by atoms with Gasteiger partial charge in [-0.1, -0.05) is 67.4 Å². The van der Waals surface area contributed by atoms with Gasteiger partial charge in [0.25, 0.3) is 10.0 Å². The summed E-state index contributed by atoms with van der Waals surface area (Å²) in [5, 5.41) is 2.79. The molecule has 33 heavy (non-hydrogen) atoms. The smallest absolute Gasteiger partial charge is 0.261 e. The molecule has 0 saturated carbocycles. The lowest BCUT2D eigenvalue weighted by Gasteiger charge is -2.36. The molecular formula is C27H28BrNO3S. The molecule has 0 bridgehead atoms. The van der Waals surface area contributed by atoms with E-state index >= 15 is 0 Å². The lowest BCUT2D eigenvalue weighted by molar-refractivity contribution is 0.179. The number of rotatable bonds is 5. The van der Waals surface area contributed by atoms with Crippen LogP contribution in [0.2, 0.25) is 0 Å². The lowest BCUT2D eigenvalue weighted by atomic mass is 9.69. The Hall–Kier alpha value is -2.31. The van der Waals surface area contributed by atoms with Crippen molar-refractivity contribution in [2.24, 2.45) is 11.3 Å². The van der Waals surface area contributed by atoms with Gasteiger partial charge in [0, 0.05) is 32.6 Å². The summed E-state index contributed by atoms with van der Waals surface area (Å²) in [6.07, 6.45) is 4.13. The minimum absolute atomic E-state index is 0.230. The summed E-state index contributed by atoms with van der Waals surface area (Å²) in [6, 6.07) is 16.5. The summed E-state index contributed by atoms with van der Waals surface area (Å²) >= 11 is 3.37. The van der Waals surface area contributed by atoms with Crippen LogP contribution in [0.1, 0.15) is 44.9 Å². The van der Waals surface area contributed by atoms with Crippen molar-refractivity contribution in [3.63, 3.8) is 0 Å². The number of halogens is 1. The van der Waals surface area contributed by atoms with Gasteiger partial charge in [0.1, 0.15) is 11.3 Å². The Morgan fingerprint density at radius 1 is 1.06 bits per heavy atom. The van der Waals surface area contributed by atoms with E-state index in [9.17, 15) is 8.42 Å². The molecule has 3 aromatic carbocycles. The standard InChI is InChI=1S/C27H28BrNO3S/c1-4-27(2,3)17-9-14-25-22(15-17)23-16-24(20-7-5-6-8-21(20)26(23)32-25)29-33(30,31)19-12-10-18(28)11-13-19/h5-8,10-13,16-17,29H,4,9,14-15H2,1-3H3/t17-/m1/s1. The van der Waals surface area contributed by atoms with E-state index < -0.39 is 10.0 Å². The fourth-order valence-electron chi connectivity index (χ4n) is 4.95. The molecule has 0 unspecified atom stereocenters. The van der Waals surface area contributed by atoms with Crippen LogP contribution >= 0.6 is 15.9 Å². The van der Waals surface area contributed by atoms with E-state index in [0.717, 1.165) is 57.7 Å². The number of benzene rings is 3. The number of furan rings is 1. The SMILES string of the molecule is CCC(C)(C)[C@@H]1CCc2oc3c(cc(NS(=O)(=O)c4ccc(Br)cc4)c4ccccc43)c2C1. The first-order chi connectivity index (χ1) is 15.7. The number of hydrogen-bond acceptors (Lipinski definition) is 3. The highest BCUT2D eigenvalue weighted by Crippen LogP contribution is 2.45. The third-order valence-corrected chi connectivity index (χ3v) is 9.35. The Kier molecular flexibility index (Phi) is 5.57. The molecule has 172 valence electrons. The van der Waals surface area contributed by atoms with Crippen LogP contribution in [0.4, 0.5) is 5.69 Å². The molecule has 6 heteroatoms. The van der Waals surface area contributed by atoms with E-state index in [1.807, 2.05) is 30.3 Å². The van der Waals surface area contributed by atoms with Gasteiger partial charge in [-0.05, 0) is 54.5 Å². The monoisotopic (exact) mass is 525 g/mol. The van der Waals surface area contributed by atoms with E-state index in [4.69, 9.17) is 4.42 Å². The predicted molar refractivity (Wildman–Crippen MR) is 138 cm³/mol. The maximum atomic E-state index is 13.2. The zero-order chi connectivity index (χ0) is 23.4. The van der Waals surface area contributed by atoms with Gasteiger partial charge in [0.15, 0.2) is 0 Å². The number of aryl methyl sites for hydroxylation is 1. The van der Waals surface area contributed by atoms with Gasteiger partial charge >= 0.3 is 0 Å². The summed E-state index contributed by atoms with van der Waals surface area (Å²) in [5.41, 5.74) is 2.93. The summed E-state index contributed by atoms with van der Waals surface area (Å²) in [6.45, 7) is 6.95. The Morgan fingerprint density at radius 2 is 1.76 bits per heavy atom. The molecule has 1 N–H and O–H groups in total. The Bertz CT molecular complexity index is 1450. The zero-order valence-electron chi connectivity index (χ0n) is 19.1. The van der Waals surface area contributed by atoms with Crippen LogP contribution in [-0.2, 0) is 22.9 Å². The normalized spacial score (nSPS) is 16.8. The molecule has 0 aliphatic heterocycles. The molecule has 1 heterocycles. The molecule has 1 aliphatic carbocycles. The fourth-order valence-corrected chi connectivity index (χ4v) is 6.29. The van der Waals surface area contributed by atoms with Crippen LogP contribution in [0.5, 0.6) is 0 Å². The van der Waals surface area contributed by atoms with Crippen LogP contribution in [0, 0.1) is 11.3 Å². The van der Waals surface area contributed by atoms with Crippen LogP contribution in [0.25, 0.3) is 21.7 Å². The minimum atomic E-state index is -3.73. The average Bonchev–Trinajstić information content (AvgIpc) is 3.17. The number of hydrogen-bond donors (Lipinski definition) is 1. The molecule has 1 aliphatic rings.